The van der Waals surface area contributed by atoms with E-state index >= 15 is 0 Å². The molecule has 3 aromatic rings. The Morgan fingerprint density at radius 3 is 2.55 bits per heavy atom. The molecule has 1 atom stereocenters. The summed E-state index contributed by atoms with van der Waals surface area (Å²) in [7, 11) is 0. The molecule has 0 bridgehead atoms. The van der Waals surface area contributed by atoms with Crippen molar-refractivity contribution in [3.63, 3.8) is 0 Å². The van der Waals surface area contributed by atoms with Gasteiger partial charge in [-0.1, -0.05) is 53.5 Å². The van der Waals surface area contributed by atoms with Gasteiger partial charge in [0.25, 0.3) is 5.56 Å². The fraction of sp³-hybridized carbons (Fsp3) is 0.333. The van der Waals surface area contributed by atoms with Gasteiger partial charge in [0.1, 0.15) is 11.6 Å². The minimum Gasteiger partial charge on any atom is -0.356 e. The Hall–Kier alpha value is -2.34. The van der Waals surface area contributed by atoms with E-state index in [2.05, 4.69) is 29.2 Å². The van der Waals surface area contributed by atoms with Crippen LogP contribution in [0.4, 0.5) is 5.82 Å². The molecule has 1 fully saturated rings. The standard InChI is InChI=1S/C24H24Cl2N4O/c1-15-28-20(13-21(31)30(15)19-8-4-7-18(25)22(19)26)29-11-9-24(10-12-29)14-16-5-2-3-6-17(16)23(24)27/h2-8,13,23H,9-12,14,27H2,1H3/t23-/m1/s1. The molecular weight excluding hydrogens is 431 g/mol. The normalized spacial score (nSPS) is 19.6. The molecule has 31 heavy (non-hydrogen) atoms. The van der Waals surface area contributed by atoms with Crippen molar-refractivity contribution in [2.24, 2.45) is 11.1 Å². The van der Waals surface area contributed by atoms with Crippen molar-refractivity contribution in [3.05, 3.63) is 85.9 Å². The van der Waals surface area contributed by atoms with Gasteiger partial charge in [-0.15, -0.1) is 0 Å². The van der Waals surface area contributed by atoms with Gasteiger partial charge in [-0.3, -0.25) is 9.36 Å². The number of aromatic nitrogens is 2. The molecule has 0 unspecified atom stereocenters. The second-order valence-corrected chi connectivity index (χ2v) is 9.40. The highest BCUT2D eigenvalue weighted by atomic mass is 35.5. The fourth-order valence-corrected chi connectivity index (χ4v) is 5.57. The fourth-order valence-electron chi connectivity index (χ4n) is 5.19. The van der Waals surface area contributed by atoms with Crippen LogP contribution < -0.4 is 16.2 Å². The number of rotatable bonds is 2. The first-order valence-corrected chi connectivity index (χ1v) is 11.3. The maximum absolute atomic E-state index is 13.0. The zero-order valence-corrected chi connectivity index (χ0v) is 18.8. The van der Waals surface area contributed by atoms with Crippen LogP contribution in [-0.4, -0.2) is 22.6 Å². The highest BCUT2D eigenvalue weighted by molar-refractivity contribution is 6.43. The number of benzene rings is 2. The average Bonchev–Trinajstić information content (AvgIpc) is 3.02. The van der Waals surface area contributed by atoms with Crippen LogP contribution in [0, 0.1) is 12.3 Å². The van der Waals surface area contributed by atoms with Crippen LogP contribution in [0.3, 0.4) is 0 Å². The first kappa shape index (κ1) is 20.6. The summed E-state index contributed by atoms with van der Waals surface area (Å²) in [5.74, 6) is 1.28. The number of nitrogens with two attached hydrogens (primary N) is 1. The first-order valence-electron chi connectivity index (χ1n) is 10.5. The zero-order valence-electron chi connectivity index (χ0n) is 17.3. The lowest BCUT2D eigenvalue weighted by atomic mass is 9.73. The second kappa shape index (κ2) is 7.66. The molecule has 7 heteroatoms. The van der Waals surface area contributed by atoms with Crippen molar-refractivity contribution >= 4 is 29.0 Å². The summed E-state index contributed by atoms with van der Waals surface area (Å²) in [6, 6.07) is 15.4. The molecule has 1 spiro atoms. The molecule has 1 aliphatic carbocycles. The molecule has 0 saturated carbocycles. The summed E-state index contributed by atoms with van der Waals surface area (Å²) in [6.07, 6.45) is 2.99. The van der Waals surface area contributed by atoms with E-state index in [1.807, 2.05) is 6.92 Å². The van der Waals surface area contributed by atoms with Gasteiger partial charge in [-0.05, 0) is 54.9 Å². The third kappa shape index (κ3) is 3.36. The molecule has 1 aliphatic heterocycles. The van der Waals surface area contributed by atoms with Crippen molar-refractivity contribution in [2.75, 3.05) is 18.0 Å². The summed E-state index contributed by atoms with van der Waals surface area (Å²) in [5, 5.41) is 0.753. The minimum absolute atomic E-state index is 0.0681. The first-order chi connectivity index (χ1) is 14.9. The second-order valence-electron chi connectivity index (χ2n) is 8.61. The van der Waals surface area contributed by atoms with Gasteiger partial charge in [0.15, 0.2) is 0 Å². The third-order valence-corrected chi connectivity index (χ3v) is 7.73. The number of fused-ring (bicyclic) bond motifs is 1. The highest BCUT2D eigenvalue weighted by Gasteiger charge is 2.45. The molecule has 2 heterocycles. The van der Waals surface area contributed by atoms with E-state index in [1.54, 1.807) is 24.3 Å². The molecule has 1 saturated heterocycles. The van der Waals surface area contributed by atoms with Crippen molar-refractivity contribution in [1.29, 1.82) is 0 Å². The van der Waals surface area contributed by atoms with Crippen LogP contribution in [0.15, 0.2) is 53.3 Å². The molecular formula is C24H24Cl2N4O. The van der Waals surface area contributed by atoms with Gasteiger partial charge in [0, 0.05) is 25.2 Å². The molecule has 2 aliphatic rings. The van der Waals surface area contributed by atoms with Gasteiger partial charge in [0.2, 0.25) is 0 Å². The number of halogens is 2. The van der Waals surface area contributed by atoms with Crippen LogP contribution in [0.5, 0.6) is 0 Å². The topological polar surface area (TPSA) is 64.2 Å². The van der Waals surface area contributed by atoms with Crippen LogP contribution in [0.2, 0.25) is 10.0 Å². The molecule has 1 aromatic heterocycles. The summed E-state index contributed by atoms with van der Waals surface area (Å²) in [6.45, 7) is 3.47. The summed E-state index contributed by atoms with van der Waals surface area (Å²) in [5.41, 5.74) is 9.82. The summed E-state index contributed by atoms with van der Waals surface area (Å²) in [4.78, 5) is 19.9. The van der Waals surface area contributed by atoms with Crippen LogP contribution in [0.25, 0.3) is 5.69 Å². The average molecular weight is 455 g/mol. The molecule has 5 rings (SSSR count). The predicted molar refractivity (Wildman–Crippen MR) is 126 cm³/mol. The van der Waals surface area contributed by atoms with E-state index in [0.717, 1.165) is 32.4 Å². The summed E-state index contributed by atoms with van der Waals surface area (Å²) >= 11 is 12.5. The Morgan fingerprint density at radius 1 is 1.10 bits per heavy atom. The van der Waals surface area contributed by atoms with Crippen molar-refractivity contribution < 1.29 is 0 Å². The molecule has 160 valence electrons. The van der Waals surface area contributed by atoms with Crippen molar-refractivity contribution in [3.8, 4) is 5.69 Å². The monoisotopic (exact) mass is 454 g/mol. The van der Waals surface area contributed by atoms with Gasteiger partial charge < -0.3 is 10.6 Å². The SMILES string of the molecule is Cc1nc(N2CCC3(CC2)Cc2ccccc2[C@H]3N)cc(=O)n1-c1cccc(Cl)c1Cl. The Morgan fingerprint density at radius 2 is 1.84 bits per heavy atom. The maximum Gasteiger partial charge on any atom is 0.260 e. The van der Waals surface area contributed by atoms with Gasteiger partial charge in [-0.25, -0.2) is 4.98 Å². The summed E-state index contributed by atoms with van der Waals surface area (Å²) < 4.78 is 1.51. The van der Waals surface area contributed by atoms with E-state index in [-0.39, 0.29) is 17.0 Å². The van der Waals surface area contributed by atoms with E-state index in [9.17, 15) is 4.79 Å². The molecule has 0 radical (unpaired) electrons. The third-order valence-electron chi connectivity index (χ3n) is 6.92. The Bertz CT molecular complexity index is 1210. The number of anilines is 1. The van der Waals surface area contributed by atoms with Gasteiger partial charge in [0.05, 0.1) is 15.7 Å². The zero-order chi connectivity index (χ0) is 21.8. The van der Waals surface area contributed by atoms with E-state index in [1.165, 1.54) is 15.7 Å². The Labute approximate surface area is 191 Å². The predicted octanol–water partition coefficient (Wildman–Crippen LogP) is 4.69. The number of aryl methyl sites for hydroxylation is 1. The smallest absolute Gasteiger partial charge is 0.260 e. The van der Waals surface area contributed by atoms with Gasteiger partial charge >= 0.3 is 0 Å². The van der Waals surface area contributed by atoms with E-state index < -0.39 is 0 Å². The molecule has 0 amide bonds. The van der Waals surface area contributed by atoms with Crippen molar-refractivity contribution in [1.82, 2.24) is 9.55 Å². The number of hydrogen-bond acceptors (Lipinski definition) is 4. The number of piperidine rings is 1. The maximum atomic E-state index is 13.0. The van der Waals surface area contributed by atoms with E-state index in [4.69, 9.17) is 33.9 Å². The lowest BCUT2D eigenvalue weighted by molar-refractivity contribution is 0.187. The Balaban J connectivity index is 1.40. The lowest BCUT2D eigenvalue weighted by Crippen LogP contribution is -2.45. The minimum atomic E-state index is -0.170. The van der Waals surface area contributed by atoms with Crippen LogP contribution in [-0.2, 0) is 6.42 Å². The largest absolute Gasteiger partial charge is 0.356 e. The highest BCUT2D eigenvalue weighted by Crippen LogP contribution is 2.50. The number of nitrogens with zero attached hydrogens (tertiary/aromatic N) is 3. The molecule has 2 N–H and O–H groups in total. The lowest BCUT2D eigenvalue weighted by Gasteiger charge is -2.42. The van der Waals surface area contributed by atoms with Gasteiger partial charge in [-0.2, -0.15) is 0 Å². The molecule has 2 aromatic carbocycles. The quantitative estimate of drug-likeness (QED) is 0.609. The Kier molecular flexibility index (Phi) is 5.08. The number of hydrogen-bond donors (Lipinski definition) is 1. The molecule has 5 nitrogen and oxygen atoms in total. The van der Waals surface area contributed by atoms with E-state index in [0.29, 0.717) is 27.4 Å². The van der Waals surface area contributed by atoms with Crippen molar-refractivity contribution in [2.45, 2.75) is 32.2 Å². The van der Waals surface area contributed by atoms with Crippen LogP contribution in [0.1, 0.15) is 35.8 Å². The van der Waals surface area contributed by atoms with Crippen LogP contribution >= 0.6 is 23.2 Å².